The van der Waals surface area contributed by atoms with E-state index in [4.69, 9.17) is 0 Å². The lowest BCUT2D eigenvalue weighted by Gasteiger charge is -2.32. The van der Waals surface area contributed by atoms with Gasteiger partial charge in [0.15, 0.2) is 5.78 Å². The van der Waals surface area contributed by atoms with E-state index in [1.807, 2.05) is 54.6 Å². The fourth-order valence-electron chi connectivity index (χ4n) is 3.58. The molecule has 0 N–H and O–H groups in total. The lowest BCUT2D eigenvalue weighted by atomic mass is 9.70. The van der Waals surface area contributed by atoms with E-state index in [0.29, 0.717) is 0 Å². The first-order chi connectivity index (χ1) is 12.8. The van der Waals surface area contributed by atoms with E-state index >= 15 is 0 Å². The van der Waals surface area contributed by atoms with Gasteiger partial charge in [0, 0.05) is 5.56 Å². The van der Waals surface area contributed by atoms with Crippen molar-refractivity contribution in [1.82, 2.24) is 0 Å². The van der Waals surface area contributed by atoms with Gasteiger partial charge in [-0.05, 0) is 11.1 Å². The summed E-state index contributed by atoms with van der Waals surface area (Å²) in [7, 11) is 0. The van der Waals surface area contributed by atoms with Gasteiger partial charge in [-0.3, -0.25) is 4.79 Å². The number of benzene rings is 3. The summed E-state index contributed by atoms with van der Waals surface area (Å²) in [4.78, 5) is 12.8. The molecule has 0 atom stereocenters. The highest BCUT2D eigenvalue weighted by Crippen LogP contribution is 2.38. The van der Waals surface area contributed by atoms with Crippen LogP contribution in [0.2, 0.25) is 0 Å². The molecular weight excluding hydrogens is 316 g/mol. The zero-order valence-electron chi connectivity index (χ0n) is 14.5. The summed E-state index contributed by atoms with van der Waals surface area (Å²) >= 11 is 0. The minimum absolute atomic E-state index is 0.132. The van der Waals surface area contributed by atoms with E-state index in [2.05, 4.69) is 60.7 Å². The first kappa shape index (κ1) is 16.3. The SMILES string of the molecule is O=C(c1ccccc1)C1C=CC(c2ccccc2)(c2ccccc2)C=C1. The maximum Gasteiger partial charge on any atom is 0.173 e. The van der Waals surface area contributed by atoms with Crippen LogP contribution in [0, 0.1) is 5.92 Å². The second kappa shape index (κ2) is 6.97. The van der Waals surface area contributed by atoms with Gasteiger partial charge >= 0.3 is 0 Å². The first-order valence-electron chi connectivity index (χ1n) is 8.89. The summed E-state index contributed by atoms with van der Waals surface area (Å²) in [6, 6.07) is 30.3. The Bertz CT molecular complexity index is 882. The summed E-state index contributed by atoms with van der Waals surface area (Å²) in [5.74, 6) is -0.0919. The Balaban J connectivity index is 1.73. The molecule has 0 spiro atoms. The molecule has 0 aliphatic heterocycles. The van der Waals surface area contributed by atoms with Crippen molar-refractivity contribution in [1.29, 1.82) is 0 Å². The van der Waals surface area contributed by atoms with Crippen molar-refractivity contribution in [3.05, 3.63) is 132 Å². The number of carbonyl (C=O) groups is 1. The first-order valence-corrected chi connectivity index (χ1v) is 8.89. The van der Waals surface area contributed by atoms with Crippen molar-refractivity contribution in [2.24, 2.45) is 5.92 Å². The number of ketones is 1. The van der Waals surface area contributed by atoms with Crippen molar-refractivity contribution in [2.75, 3.05) is 0 Å². The molecule has 1 nitrogen and oxygen atoms in total. The topological polar surface area (TPSA) is 17.1 Å². The molecule has 3 aromatic carbocycles. The Morgan fingerprint density at radius 1 is 0.615 bits per heavy atom. The Hall–Kier alpha value is -3.19. The Labute approximate surface area is 154 Å². The second-order valence-electron chi connectivity index (χ2n) is 6.58. The fraction of sp³-hybridized carbons (Fsp3) is 0.0800. The minimum Gasteiger partial charge on any atom is -0.293 e. The highest BCUT2D eigenvalue weighted by Gasteiger charge is 2.32. The van der Waals surface area contributed by atoms with Gasteiger partial charge < -0.3 is 0 Å². The van der Waals surface area contributed by atoms with Gasteiger partial charge in [0.1, 0.15) is 0 Å². The highest BCUT2D eigenvalue weighted by molar-refractivity contribution is 6.00. The van der Waals surface area contributed by atoms with Crippen LogP contribution in [0.1, 0.15) is 21.5 Å². The van der Waals surface area contributed by atoms with Crippen LogP contribution in [0.4, 0.5) is 0 Å². The molecule has 126 valence electrons. The Morgan fingerprint density at radius 2 is 1.04 bits per heavy atom. The molecule has 4 rings (SSSR count). The van der Waals surface area contributed by atoms with Crippen molar-refractivity contribution >= 4 is 5.78 Å². The molecule has 0 bridgehead atoms. The standard InChI is InChI=1S/C25H20O/c26-24(20-10-4-1-5-11-20)21-16-18-25(19-17-21,22-12-6-2-7-13-22)23-14-8-3-9-15-23/h1-19,21H. The van der Waals surface area contributed by atoms with Crippen molar-refractivity contribution in [3.8, 4) is 0 Å². The van der Waals surface area contributed by atoms with E-state index in [1.54, 1.807) is 0 Å². The van der Waals surface area contributed by atoms with Gasteiger partial charge in [-0.25, -0.2) is 0 Å². The van der Waals surface area contributed by atoms with Gasteiger partial charge in [-0.15, -0.1) is 0 Å². The molecule has 0 amide bonds. The van der Waals surface area contributed by atoms with Gasteiger partial charge in [0.05, 0.1) is 11.3 Å². The molecule has 3 aromatic rings. The molecule has 0 aromatic heterocycles. The van der Waals surface area contributed by atoms with Gasteiger partial charge in [-0.2, -0.15) is 0 Å². The molecule has 0 unspecified atom stereocenters. The number of Topliss-reactive ketones (excluding diaryl/α,β-unsaturated/α-hetero) is 1. The van der Waals surface area contributed by atoms with Crippen molar-refractivity contribution < 1.29 is 4.79 Å². The quantitative estimate of drug-likeness (QED) is 0.448. The molecular formula is C25H20O. The zero-order chi connectivity index (χ0) is 17.8. The molecule has 26 heavy (non-hydrogen) atoms. The molecule has 0 fully saturated rings. The third-order valence-electron chi connectivity index (χ3n) is 5.00. The highest BCUT2D eigenvalue weighted by atomic mass is 16.1. The predicted molar refractivity (Wildman–Crippen MR) is 106 cm³/mol. The summed E-state index contributed by atoms with van der Waals surface area (Å²) in [6.07, 6.45) is 8.41. The molecule has 0 saturated carbocycles. The van der Waals surface area contributed by atoms with E-state index in [1.165, 1.54) is 11.1 Å². The van der Waals surface area contributed by atoms with Gasteiger partial charge in [-0.1, -0.05) is 115 Å². The lowest BCUT2D eigenvalue weighted by molar-refractivity contribution is 0.0964. The van der Waals surface area contributed by atoms with E-state index in [-0.39, 0.29) is 17.1 Å². The van der Waals surface area contributed by atoms with Crippen molar-refractivity contribution in [2.45, 2.75) is 5.41 Å². The smallest absolute Gasteiger partial charge is 0.173 e. The largest absolute Gasteiger partial charge is 0.293 e. The number of hydrogen-bond donors (Lipinski definition) is 0. The van der Waals surface area contributed by atoms with Crippen LogP contribution in [-0.4, -0.2) is 5.78 Å². The predicted octanol–water partition coefficient (Wildman–Crippen LogP) is 5.60. The summed E-state index contributed by atoms with van der Waals surface area (Å²) in [5, 5.41) is 0. The summed E-state index contributed by atoms with van der Waals surface area (Å²) in [6.45, 7) is 0. The van der Waals surface area contributed by atoms with Crippen LogP contribution < -0.4 is 0 Å². The fourth-order valence-corrected chi connectivity index (χ4v) is 3.58. The van der Waals surface area contributed by atoms with Crippen LogP contribution in [0.25, 0.3) is 0 Å². The molecule has 1 heteroatoms. The molecule has 0 radical (unpaired) electrons. The van der Waals surface area contributed by atoms with Crippen LogP contribution in [0.5, 0.6) is 0 Å². The maximum absolute atomic E-state index is 12.8. The minimum atomic E-state index is -0.337. The normalized spacial score (nSPS) is 15.7. The van der Waals surface area contributed by atoms with Crippen LogP contribution in [0.3, 0.4) is 0 Å². The molecule has 1 aliphatic carbocycles. The van der Waals surface area contributed by atoms with Crippen LogP contribution >= 0.6 is 0 Å². The summed E-state index contributed by atoms with van der Waals surface area (Å²) in [5.41, 5.74) is 2.81. The summed E-state index contributed by atoms with van der Waals surface area (Å²) < 4.78 is 0. The number of allylic oxidation sites excluding steroid dienone is 4. The van der Waals surface area contributed by atoms with E-state index < -0.39 is 0 Å². The second-order valence-corrected chi connectivity index (χ2v) is 6.58. The molecule has 0 heterocycles. The van der Waals surface area contributed by atoms with Crippen LogP contribution in [-0.2, 0) is 5.41 Å². The van der Waals surface area contributed by atoms with E-state index in [0.717, 1.165) is 5.56 Å². The average Bonchev–Trinajstić information content (AvgIpc) is 2.75. The van der Waals surface area contributed by atoms with Crippen molar-refractivity contribution in [3.63, 3.8) is 0 Å². The Morgan fingerprint density at radius 3 is 1.50 bits per heavy atom. The Kier molecular flexibility index (Phi) is 4.37. The number of hydrogen-bond acceptors (Lipinski definition) is 1. The molecule has 0 saturated heterocycles. The molecule has 1 aliphatic rings. The third kappa shape index (κ3) is 2.93. The monoisotopic (exact) mass is 336 g/mol. The third-order valence-corrected chi connectivity index (χ3v) is 5.00. The lowest BCUT2D eigenvalue weighted by Crippen LogP contribution is -2.27. The maximum atomic E-state index is 12.8. The number of carbonyl (C=O) groups excluding carboxylic acids is 1. The zero-order valence-corrected chi connectivity index (χ0v) is 14.5. The van der Waals surface area contributed by atoms with Crippen LogP contribution in [0.15, 0.2) is 115 Å². The average molecular weight is 336 g/mol. The number of rotatable bonds is 4. The van der Waals surface area contributed by atoms with Gasteiger partial charge in [0.2, 0.25) is 0 Å². The van der Waals surface area contributed by atoms with E-state index in [9.17, 15) is 4.79 Å². The van der Waals surface area contributed by atoms with Gasteiger partial charge in [0.25, 0.3) is 0 Å².